The van der Waals surface area contributed by atoms with Gasteiger partial charge in [0.25, 0.3) is 0 Å². The van der Waals surface area contributed by atoms with Crippen molar-refractivity contribution >= 4 is 5.97 Å². The van der Waals surface area contributed by atoms with Gasteiger partial charge in [0.1, 0.15) is 0 Å². The van der Waals surface area contributed by atoms with Gasteiger partial charge in [-0.25, -0.2) is 0 Å². The number of carbonyl (C=O) groups excluding carboxylic acids is 1. The molecule has 0 aromatic rings. The monoisotopic (exact) mass is 251 g/mol. The van der Waals surface area contributed by atoms with Gasteiger partial charge in [-0.3, -0.25) is 4.79 Å². The van der Waals surface area contributed by atoms with Crippen molar-refractivity contribution in [2.45, 2.75) is 51.0 Å². The Labute approximate surface area is 110 Å². The molecule has 18 heavy (non-hydrogen) atoms. The van der Waals surface area contributed by atoms with Crippen molar-refractivity contribution in [1.29, 1.82) is 0 Å². The third-order valence-corrected chi connectivity index (χ3v) is 4.71. The van der Waals surface area contributed by atoms with E-state index in [1.54, 1.807) is 0 Å². The molecule has 0 heterocycles. The fraction of sp³-hybridized carbons (Fsp3) is 0.800. The molecule has 0 aromatic heterocycles. The smallest absolute Gasteiger partial charge is 0.305 e. The number of nitrogens with two attached hydrogens (primary N) is 1. The number of esters is 1. The Balaban J connectivity index is 1.61. The summed E-state index contributed by atoms with van der Waals surface area (Å²) in [6.45, 7) is 0. The molecular formula is C15H25NO2. The first-order chi connectivity index (χ1) is 8.72. The molecule has 4 atom stereocenters. The maximum Gasteiger partial charge on any atom is 0.305 e. The molecule has 2 saturated carbocycles. The number of carbonyl (C=O) groups is 1. The quantitative estimate of drug-likeness (QED) is 0.448. The lowest BCUT2D eigenvalue weighted by molar-refractivity contribution is -0.140. The molecular weight excluding hydrogens is 226 g/mol. The van der Waals surface area contributed by atoms with Crippen molar-refractivity contribution in [2.75, 3.05) is 7.11 Å². The first-order valence-corrected chi connectivity index (χ1v) is 7.19. The lowest BCUT2D eigenvalue weighted by Gasteiger charge is -2.27. The Morgan fingerprint density at radius 2 is 2.11 bits per heavy atom. The zero-order valence-electron chi connectivity index (χ0n) is 11.3. The van der Waals surface area contributed by atoms with E-state index in [4.69, 9.17) is 5.73 Å². The van der Waals surface area contributed by atoms with Crippen LogP contribution in [0.2, 0.25) is 0 Å². The first kappa shape index (κ1) is 13.6. The minimum absolute atomic E-state index is 0.112. The average Bonchev–Trinajstić information content (AvgIpc) is 2.95. The van der Waals surface area contributed by atoms with E-state index in [0.717, 1.165) is 31.1 Å². The Bertz CT molecular complexity index is 312. The van der Waals surface area contributed by atoms with Gasteiger partial charge in [0.05, 0.1) is 7.11 Å². The number of hydrogen-bond acceptors (Lipinski definition) is 3. The van der Waals surface area contributed by atoms with E-state index >= 15 is 0 Å². The fourth-order valence-electron chi connectivity index (χ4n) is 3.64. The van der Waals surface area contributed by atoms with Crippen molar-refractivity contribution < 1.29 is 9.53 Å². The first-order valence-electron chi connectivity index (χ1n) is 7.19. The van der Waals surface area contributed by atoms with Crippen LogP contribution in [0.3, 0.4) is 0 Å². The Morgan fingerprint density at radius 3 is 2.78 bits per heavy atom. The average molecular weight is 251 g/mol. The largest absolute Gasteiger partial charge is 0.469 e. The van der Waals surface area contributed by atoms with Gasteiger partial charge >= 0.3 is 5.97 Å². The topological polar surface area (TPSA) is 52.3 Å². The molecule has 0 amide bonds. The van der Waals surface area contributed by atoms with Crippen LogP contribution >= 0.6 is 0 Å². The van der Waals surface area contributed by atoms with Gasteiger partial charge in [-0.15, -0.1) is 0 Å². The molecule has 102 valence electrons. The number of allylic oxidation sites excluding steroid dienone is 2. The molecule has 0 aliphatic heterocycles. The maximum atomic E-state index is 10.9. The van der Waals surface area contributed by atoms with E-state index in [-0.39, 0.29) is 5.97 Å². The summed E-state index contributed by atoms with van der Waals surface area (Å²) in [5, 5.41) is 0. The van der Waals surface area contributed by atoms with Gasteiger partial charge in [-0.1, -0.05) is 12.2 Å². The standard InChI is InChI=1S/C15H25NO2/c1-18-14(17)7-5-3-2-4-6-13-11-8-9-12(10-11)15(13)16/h2,4,11-13,15H,3,5-10,16H2,1H3/t11-,12+,13+,15+/m1/s1. The molecule has 2 aliphatic rings. The van der Waals surface area contributed by atoms with Crippen LogP contribution in [-0.4, -0.2) is 19.1 Å². The summed E-state index contributed by atoms with van der Waals surface area (Å²) in [7, 11) is 1.44. The van der Waals surface area contributed by atoms with Gasteiger partial charge in [0, 0.05) is 12.5 Å². The molecule has 3 nitrogen and oxygen atoms in total. The molecule has 2 N–H and O–H groups in total. The van der Waals surface area contributed by atoms with E-state index in [1.165, 1.54) is 26.4 Å². The highest BCUT2D eigenvalue weighted by atomic mass is 16.5. The molecule has 2 rings (SSSR count). The number of hydrogen-bond donors (Lipinski definition) is 1. The second kappa shape index (κ2) is 6.37. The summed E-state index contributed by atoms with van der Waals surface area (Å²) in [5.41, 5.74) is 6.27. The van der Waals surface area contributed by atoms with Crippen molar-refractivity contribution in [3.05, 3.63) is 12.2 Å². The lowest BCUT2D eigenvalue weighted by Crippen LogP contribution is -2.35. The predicted molar refractivity (Wildman–Crippen MR) is 71.9 cm³/mol. The number of methoxy groups -OCH3 is 1. The van der Waals surface area contributed by atoms with Crippen LogP contribution in [0.4, 0.5) is 0 Å². The highest BCUT2D eigenvalue weighted by Gasteiger charge is 2.44. The van der Waals surface area contributed by atoms with E-state index in [9.17, 15) is 4.79 Å². The lowest BCUT2D eigenvalue weighted by atomic mass is 9.83. The highest BCUT2D eigenvalue weighted by Crippen LogP contribution is 2.48. The molecule has 2 bridgehead atoms. The van der Waals surface area contributed by atoms with E-state index in [2.05, 4.69) is 16.9 Å². The highest BCUT2D eigenvalue weighted by molar-refractivity contribution is 5.68. The minimum atomic E-state index is -0.112. The van der Waals surface area contributed by atoms with Crippen LogP contribution in [0, 0.1) is 17.8 Å². The second-order valence-corrected chi connectivity index (χ2v) is 5.75. The zero-order chi connectivity index (χ0) is 13.0. The summed E-state index contributed by atoms with van der Waals surface area (Å²) in [5.74, 6) is 2.27. The number of rotatable bonds is 6. The Kier molecular flexibility index (Phi) is 4.81. The van der Waals surface area contributed by atoms with Crippen LogP contribution in [0.15, 0.2) is 12.2 Å². The van der Waals surface area contributed by atoms with E-state index in [1.807, 2.05) is 0 Å². The number of ether oxygens (including phenoxy) is 1. The van der Waals surface area contributed by atoms with E-state index < -0.39 is 0 Å². The van der Waals surface area contributed by atoms with Gasteiger partial charge in [-0.2, -0.15) is 0 Å². The SMILES string of the molecule is COC(=O)CCCC=CC[C@H]1[C@@H]2CC[C@@H](C2)[C@@H]1N. The van der Waals surface area contributed by atoms with Crippen molar-refractivity contribution in [3.8, 4) is 0 Å². The fourth-order valence-corrected chi connectivity index (χ4v) is 3.64. The van der Waals surface area contributed by atoms with Gasteiger partial charge in [-0.05, 0) is 56.3 Å². The molecule has 0 saturated heterocycles. The van der Waals surface area contributed by atoms with Crippen LogP contribution in [-0.2, 0) is 9.53 Å². The van der Waals surface area contributed by atoms with Crippen LogP contribution in [0.25, 0.3) is 0 Å². The van der Waals surface area contributed by atoms with Crippen molar-refractivity contribution in [1.82, 2.24) is 0 Å². The van der Waals surface area contributed by atoms with Crippen LogP contribution in [0.1, 0.15) is 44.9 Å². The molecule has 3 heteroatoms. The maximum absolute atomic E-state index is 10.9. The third kappa shape index (κ3) is 3.14. The zero-order valence-corrected chi connectivity index (χ0v) is 11.3. The van der Waals surface area contributed by atoms with Crippen LogP contribution in [0.5, 0.6) is 0 Å². The predicted octanol–water partition coefficient (Wildman–Crippen LogP) is 2.65. The van der Waals surface area contributed by atoms with Crippen molar-refractivity contribution in [2.24, 2.45) is 23.5 Å². The summed E-state index contributed by atoms with van der Waals surface area (Å²) >= 11 is 0. The summed E-state index contributed by atoms with van der Waals surface area (Å²) < 4.78 is 4.61. The second-order valence-electron chi connectivity index (χ2n) is 5.75. The third-order valence-electron chi connectivity index (χ3n) is 4.71. The molecule has 0 radical (unpaired) electrons. The minimum Gasteiger partial charge on any atom is -0.469 e. The summed E-state index contributed by atoms with van der Waals surface area (Å²) in [6, 6.07) is 0.434. The number of unbranched alkanes of at least 4 members (excludes halogenated alkanes) is 1. The van der Waals surface area contributed by atoms with Gasteiger partial charge < -0.3 is 10.5 Å². The summed E-state index contributed by atoms with van der Waals surface area (Å²) in [4.78, 5) is 10.9. The van der Waals surface area contributed by atoms with Gasteiger partial charge in [0.15, 0.2) is 0 Å². The Morgan fingerprint density at radius 1 is 1.33 bits per heavy atom. The molecule has 2 aliphatic carbocycles. The molecule has 0 spiro atoms. The van der Waals surface area contributed by atoms with Crippen molar-refractivity contribution in [3.63, 3.8) is 0 Å². The van der Waals surface area contributed by atoms with Crippen LogP contribution < -0.4 is 5.73 Å². The summed E-state index contributed by atoms with van der Waals surface area (Å²) in [6.07, 6.45) is 12.1. The van der Waals surface area contributed by atoms with E-state index in [0.29, 0.717) is 18.4 Å². The molecule has 0 unspecified atom stereocenters. The Hall–Kier alpha value is -0.830. The van der Waals surface area contributed by atoms with Gasteiger partial charge in [0.2, 0.25) is 0 Å². The molecule has 2 fully saturated rings. The number of fused-ring (bicyclic) bond motifs is 2. The molecule has 0 aromatic carbocycles. The normalized spacial score (nSPS) is 34.3.